The Morgan fingerprint density at radius 1 is 1.21 bits per heavy atom. The second-order valence-electron chi connectivity index (χ2n) is 8.20. The van der Waals surface area contributed by atoms with Gasteiger partial charge in [-0.1, -0.05) is 31.2 Å². The minimum absolute atomic E-state index is 0.0602. The number of nitrogens with one attached hydrogen (secondary N) is 1. The van der Waals surface area contributed by atoms with Crippen molar-refractivity contribution in [1.29, 1.82) is 0 Å². The largest absolute Gasteiger partial charge is 0.502 e. The summed E-state index contributed by atoms with van der Waals surface area (Å²) in [6, 6.07) is 9.09. The molecule has 1 aliphatic rings. The fraction of sp³-hybridized carbons (Fsp3) is 0.292. The van der Waals surface area contributed by atoms with Crippen LogP contribution in [0.3, 0.4) is 0 Å². The van der Waals surface area contributed by atoms with Crippen molar-refractivity contribution in [3.8, 4) is 5.75 Å². The number of likely N-dealkylation sites (tertiary alicyclic amines) is 1. The highest BCUT2D eigenvalue weighted by Crippen LogP contribution is 2.40. The molecule has 3 aromatic rings. The van der Waals surface area contributed by atoms with Crippen LogP contribution in [0.4, 0.5) is 13.2 Å². The third-order valence-electron chi connectivity index (χ3n) is 6.26. The quantitative estimate of drug-likeness (QED) is 0.607. The first kappa shape index (κ1) is 22.6. The van der Waals surface area contributed by atoms with Crippen LogP contribution in [-0.4, -0.2) is 38.7 Å². The molecule has 1 saturated heterocycles. The highest BCUT2D eigenvalue weighted by molar-refractivity contribution is 5.95. The summed E-state index contributed by atoms with van der Waals surface area (Å²) < 4.78 is 43.0. The maximum Gasteiger partial charge on any atom is 0.276 e. The van der Waals surface area contributed by atoms with Gasteiger partial charge in [0.25, 0.3) is 5.91 Å². The molecule has 2 aromatic carbocycles. The van der Waals surface area contributed by atoms with Gasteiger partial charge in [-0.15, -0.1) is 0 Å². The first-order valence-electron chi connectivity index (χ1n) is 10.6. The highest BCUT2D eigenvalue weighted by Gasteiger charge is 2.39. The molecule has 1 aliphatic heterocycles. The van der Waals surface area contributed by atoms with E-state index in [0.717, 1.165) is 12.3 Å². The Kier molecular flexibility index (Phi) is 6.22. The number of benzene rings is 2. The SMILES string of the molecule is C[C@H]([C@H](c1cccc(F)c1)c1cccc(F)c1F)[C@H]1CCCN1C(=O)c1[nH]ncc(=O)c1O. The van der Waals surface area contributed by atoms with Crippen molar-refractivity contribution in [3.63, 3.8) is 0 Å². The number of rotatable bonds is 5. The van der Waals surface area contributed by atoms with Gasteiger partial charge in [-0.25, -0.2) is 13.2 Å². The third kappa shape index (κ3) is 4.22. The van der Waals surface area contributed by atoms with E-state index in [2.05, 4.69) is 10.2 Å². The molecule has 3 atom stereocenters. The van der Waals surface area contributed by atoms with Crippen LogP contribution in [0.15, 0.2) is 53.5 Å². The average Bonchev–Trinajstić information content (AvgIpc) is 3.28. The molecule has 9 heteroatoms. The van der Waals surface area contributed by atoms with Crippen molar-refractivity contribution in [3.05, 3.63) is 93.2 Å². The molecule has 33 heavy (non-hydrogen) atoms. The van der Waals surface area contributed by atoms with Crippen molar-refractivity contribution in [2.45, 2.75) is 31.7 Å². The topological polar surface area (TPSA) is 86.3 Å². The predicted octanol–water partition coefficient (Wildman–Crippen LogP) is 3.97. The fourth-order valence-electron chi connectivity index (χ4n) is 4.73. The van der Waals surface area contributed by atoms with Crippen LogP contribution >= 0.6 is 0 Å². The predicted molar refractivity (Wildman–Crippen MR) is 114 cm³/mol. The third-order valence-corrected chi connectivity index (χ3v) is 6.26. The molecule has 0 unspecified atom stereocenters. The molecule has 1 amide bonds. The summed E-state index contributed by atoms with van der Waals surface area (Å²) in [5.41, 5.74) is -0.616. The lowest BCUT2D eigenvalue weighted by Crippen LogP contribution is -2.42. The van der Waals surface area contributed by atoms with Crippen LogP contribution in [0, 0.1) is 23.4 Å². The molecule has 6 nitrogen and oxygen atoms in total. The average molecular weight is 457 g/mol. The molecule has 0 saturated carbocycles. The van der Waals surface area contributed by atoms with Gasteiger partial charge in [0, 0.05) is 18.5 Å². The number of carbonyl (C=O) groups excluding carboxylic acids is 1. The summed E-state index contributed by atoms with van der Waals surface area (Å²) in [6.07, 6.45) is 2.05. The van der Waals surface area contributed by atoms with Crippen molar-refractivity contribution < 1.29 is 23.1 Å². The smallest absolute Gasteiger partial charge is 0.276 e. The summed E-state index contributed by atoms with van der Waals surface area (Å²) >= 11 is 0. The van der Waals surface area contributed by atoms with Crippen LogP contribution < -0.4 is 5.43 Å². The first-order chi connectivity index (χ1) is 15.8. The van der Waals surface area contributed by atoms with E-state index in [-0.39, 0.29) is 11.3 Å². The van der Waals surface area contributed by atoms with Gasteiger partial charge in [0.15, 0.2) is 23.1 Å². The van der Waals surface area contributed by atoms with Crippen LogP contribution in [0.2, 0.25) is 0 Å². The van der Waals surface area contributed by atoms with Crippen LogP contribution in [0.25, 0.3) is 0 Å². The minimum Gasteiger partial charge on any atom is -0.502 e. The molecule has 4 rings (SSSR count). The Bertz CT molecular complexity index is 1250. The van der Waals surface area contributed by atoms with Crippen molar-refractivity contribution in [2.75, 3.05) is 6.54 Å². The maximum absolute atomic E-state index is 14.9. The molecule has 0 aliphatic carbocycles. The molecule has 1 fully saturated rings. The molecule has 0 bridgehead atoms. The monoisotopic (exact) mass is 457 g/mol. The summed E-state index contributed by atoms with van der Waals surface area (Å²) in [6.45, 7) is 2.13. The summed E-state index contributed by atoms with van der Waals surface area (Å²) in [5.74, 6) is -5.12. The normalized spacial score (nSPS) is 17.7. The maximum atomic E-state index is 14.9. The van der Waals surface area contributed by atoms with E-state index in [0.29, 0.717) is 24.9 Å². The van der Waals surface area contributed by atoms with Gasteiger partial charge in [0.2, 0.25) is 5.43 Å². The number of aromatic amines is 1. The molecule has 2 N–H and O–H groups in total. The number of H-pyrrole nitrogens is 1. The second-order valence-corrected chi connectivity index (χ2v) is 8.20. The Morgan fingerprint density at radius 3 is 2.73 bits per heavy atom. The molecule has 0 radical (unpaired) electrons. The standard InChI is InChI=1S/C24H22F3N3O3/c1-13(18-9-4-10-30(18)24(33)22-23(32)19(31)12-28-29-22)20(14-5-2-6-15(25)11-14)16-7-3-8-17(26)21(16)27/h2-3,5-8,11-13,18,20H,4,9-10H2,1H3,(H,28,32)(H,29,31)/t13-,18+,20+/m0/s1. The van der Waals surface area contributed by atoms with Crippen molar-refractivity contribution >= 4 is 5.91 Å². The van der Waals surface area contributed by atoms with Gasteiger partial charge >= 0.3 is 0 Å². The molecular formula is C24H22F3N3O3. The summed E-state index contributed by atoms with van der Waals surface area (Å²) in [4.78, 5) is 26.4. The molecule has 172 valence electrons. The lowest BCUT2D eigenvalue weighted by molar-refractivity contribution is 0.0674. The van der Waals surface area contributed by atoms with Gasteiger partial charge in [-0.3, -0.25) is 14.7 Å². The zero-order valence-electron chi connectivity index (χ0n) is 17.8. The summed E-state index contributed by atoms with van der Waals surface area (Å²) in [7, 11) is 0. The Labute approximate surface area is 187 Å². The zero-order valence-corrected chi connectivity index (χ0v) is 17.8. The molecule has 0 spiro atoms. The number of carbonyl (C=O) groups is 1. The van der Waals surface area contributed by atoms with E-state index in [4.69, 9.17) is 0 Å². The second kappa shape index (κ2) is 9.09. The van der Waals surface area contributed by atoms with Crippen LogP contribution in [0.1, 0.15) is 47.3 Å². The van der Waals surface area contributed by atoms with E-state index in [9.17, 15) is 27.9 Å². The Hall–Kier alpha value is -3.62. The van der Waals surface area contributed by atoms with Gasteiger partial charge in [-0.05, 0) is 48.1 Å². The van der Waals surface area contributed by atoms with Crippen molar-refractivity contribution in [1.82, 2.24) is 15.1 Å². The van der Waals surface area contributed by atoms with E-state index >= 15 is 0 Å². The van der Waals surface area contributed by atoms with E-state index in [1.54, 1.807) is 13.0 Å². The minimum atomic E-state index is -1.02. The van der Waals surface area contributed by atoms with Gasteiger partial charge in [0.05, 0.1) is 6.20 Å². The van der Waals surface area contributed by atoms with Gasteiger partial charge < -0.3 is 10.0 Å². The van der Waals surface area contributed by atoms with E-state index in [1.807, 2.05) is 0 Å². The molecule has 2 heterocycles. The molecular weight excluding hydrogens is 435 g/mol. The number of hydrogen-bond acceptors (Lipinski definition) is 4. The number of hydrogen-bond donors (Lipinski definition) is 2. The number of aromatic hydroxyl groups is 1. The number of halogens is 3. The number of nitrogens with zero attached hydrogens (tertiary/aromatic N) is 2. The lowest BCUT2D eigenvalue weighted by atomic mass is 9.77. The zero-order chi connectivity index (χ0) is 23.7. The van der Waals surface area contributed by atoms with E-state index in [1.165, 1.54) is 35.2 Å². The fourth-order valence-corrected chi connectivity index (χ4v) is 4.73. The first-order valence-corrected chi connectivity index (χ1v) is 10.6. The van der Waals surface area contributed by atoms with Gasteiger partial charge in [0.1, 0.15) is 5.82 Å². The van der Waals surface area contributed by atoms with Crippen molar-refractivity contribution in [2.24, 2.45) is 5.92 Å². The Morgan fingerprint density at radius 2 is 1.97 bits per heavy atom. The Balaban J connectivity index is 1.76. The van der Waals surface area contributed by atoms with Crippen LogP contribution in [0.5, 0.6) is 5.75 Å². The highest BCUT2D eigenvalue weighted by atomic mass is 19.2. The summed E-state index contributed by atoms with van der Waals surface area (Å²) in [5, 5.41) is 16.0. The number of amides is 1. The van der Waals surface area contributed by atoms with E-state index < -0.39 is 52.4 Å². The van der Waals surface area contributed by atoms with Crippen LogP contribution in [-0.2, 0) is 0 Å². The molecule has 1 aromatic heterocycles. The lowest BCUT2D eigenvalue weighted by Gasteiger charge is -2.35. The number of aromatic nitrogens is 2. The van der Waals surface area contributed by atoms with Gasteiger partial charge in [-0.2, -0.15) is 5.10 Å².